The SMILES string of the molecule is CCOc1nc(NN)nc(NCc2ncccc2CC)n1. The third-order valence-electron chi connectivity index (χ3n) is 2.80. The van der Waals surface area contributed by atoms with E-state index >= 15 is 0 Å². The van der Waals surface area contributed by atoms with E-state index in [1.165, 1.54) is 5.56 Å². The van der Waals surface area contributed by atoms with Crippen molar-refractivity contribution in [1.82, 2.24) is 19.9 Å². The molecule has 0 aromatic carbocycles. The molecule has 4 N–H and O–H groups in total. The van der Waals surface area contributed by atoms with Gasteiger partial charge in [0.1, 0.15) is 0 Å². The lowest BCUT2D eigenvalue weighted by molar-refractivity contribution is 0.312. The Morgan fingerprint density at radius 3 is 2.71 bits per heavy atom. The number of hydrogen-bond donors (Lipinski definition) is 3. The van der Waals surface area contributed by atoms with Crippen LogP contribution in [0, 0.1) is 0 Å². The Bertz CT molecular complexity index is 590. The zero-order valence-corrected chi connectivity index (χ0v) is 12.1. The molecule has 0 amide bonds. The number of ether oxygens (including phenoxy) is 1. The highest BCUT2D eigenvalue weighted by atomic mass is 16.5. The maximum absolute atomic E-state index is 5.34. The van der Waals surface area contributed by atoms with Crippen molar-refractivity contribution in [2.45, 2.75) is 26.8 Å². The average molecular weight is 289 g/mol. The predicted molar refractivity (Wildman–Crippen MR) is 79.7 cm³/mol. The zero-order valence-electron chi connectivity index (χ0n) is 12.1. The first-order valence-electron chi connectivity index (χ1n) is 6.79. The maximum atomic E-state index is 5.34. The van der Waals surface area contributed by atoms with Crippen molar-refractivity contribution in [3.8, 4) is 6.01 Å². The molecule has 112 valence electrons. The third kappa shape index (κ3) is 3.99. The van der Waals surface area contributed by atoms with Crippen molar-refractivity contribution in [3.63, 3.8) is 0 Å². The first kappa shape index (κ1) is 14.9. The Labute approximate surface area is 123 Å². The molecule has 0 bridgehead atoms. The normalized spacial score (nSPS) is 10.2. The number of hydrogen-bond acceptors (Lipinski definition) is 8. The van der Waals surface area contributed by atoms with Crippen molar-refractivity contribution in [1.29, 1.82) is 0 Å². The Balaban J connectivity index is 2.13. The van der Waals surface area contributed by atoms with Crippen LogP contribution in [0.2, 0.25) is 0 Å². The van der Waals surface area contributed by atoms with E-state index < -0.39 is 0 Å². The van der Waals surface area contributed by atoms with Gasteiger partial charge in [-0.15, -0.1) is 0 Å². The number of rotatable bonds is 7. The minimum Gasteiger partial charge on any atom is -0.464 e. The quantitative estimate of drug-likeness (QED) is 0.514. The number of anilines is 2. The first-order valence-corrected chi connectivity index (χ1v) is 6.79. The van der Waals surface area contributed by atoms with Gasteiger partial charge in [-0.25, -0.2) is 5.84 Å². The van der Waals surface area contributed by atoms with Gasteiger partial charge in [-0.1, -0.05) is 13.0 Å². The van der Waals surface area contributed by atoms with Gasteiger partial charge in [0.25, 0.3) is 0 Å². The van der Waals surface area contributed by atoms with Crippen molar-refractivity contribution >= 4 is 11.9 Å². The van der Waals surface area contributed by atoms with E-state index in [2.05, 4.69) is 43.7 Å². The first-order chi connectivity index (χ1) is 10.3. The summed E-state index contributed by atoms with van der Waals surface area (Å²) in [6.07, 6.45) is 2.68. The van der Waals surface area contributed by atoms with Gasteiger partial charge in [0.2, 0.25) is 11.9 Å². The third-order valence-corrected chi connectivity index (χ3v) is 2.80. The topological polar surface area (TPSA) is 111 Å². The summed E-state index contributed by atoms with van der Waals surface area (Å²) < 4.78 is 5.27. The Kier molecular flexibility index (Phi) is 5.22. The molecular formula is C13H19N7O. The highest BCUT2D eigenvalue weighted by molar-refractivity contribution is 5.36. The molecule has 0 spiro atoms. The van der Waals surface area contributed by atoms with E-state index in [0.29, 0.717) is 19.1 Å². The Morgan fingerprint density at radius 1 is 1.19 bits per heavy atom. The number of pyridine rings is 1. The molecule has 0 radical (unpaired) electrons. The monoisotopic (exact) mass is 289 g/mol. The van der Waals surface area contributed by atoms with Gasteiger partial charge in [-0.2, -0.15) is 15.0 Å². The molecule has 2 aromatic rings. The summed E-state index contributed by atoms with van der Waals surface area (Å²) in [5.74, 6) is 5.96. The lowest BCUT2D eigenvalue weighted by Gasteiger charge is -2.10. The largest absolute Gasteiger partial charge is 0.464 e. The molecule has 2 rings (SSSR count). The van der Waals surface area contributed by atoms with E-state index in [1.54, 1.807) is 6.20 Å². The van der Waals surface area contributed by atoms with E-state index in [9.17, 15) is 0 Å². The minimum atomic E-state index is 0.222. The number of aryl methyl sites for hydroxylation is 1. The van der Waals surface area contributed by atoms with E-state index in [1.807, 2.05) is 13.0 Å². The van der Waals surface area contributed by atoms with Gasteiger partial charge >= 0.3 is 6.01 Å². The molecule has 2 heterocycles. The highest BCUT2D eigenvalue weighted by Crippen LogP contribution is 2.12. The van der Waals surface area contributed by atoms with Crippen LogP contribution in [-0.2, 0) is 13.0 Å². The number of nitrogens with zero attached hydrogens (tertiary/aromatic N) is 4. The fourth-order valence-corrected chi connectivity index (χ4v) is 1.81. The standard InChI is InChI=1S/C13H19N7O/c1-3-9-6-5-7-15-10(9)8-16-11-17-12(20-14)19-13(18-11)21-4-2/h5-7H,3-4,8,14H2,1-2H3,(H2,16,17,18,19,20). The van der Waals surface area contributed by atoms with Crippen molar-refractivity contribution in [2.75, 3.05) is 17.3 Å². The van der Waals surface area contributed by atoms with Crippen LogP contribution in [0.4, 0.5) is 11.9 Å². The van der Waals surface area contributed by atoms with Gasteiger partial charge in [-0.05, 0) is 25.0 Å². The molecule has 0 saturated carbocycles. The number of hydrazine groups is 1. The van der Waals surface area contributed by atoms with Crippen LogP contribution >= 0.6 is 0 Å². The molecule has 0 atom stereocenters. The summed E-state index contributed by atoms with van der Waals surface area (Å²) in [5.41, 5.74) is 4.53. The highest BCUT2D eigenvalue weighted by Gasteiger charge is 2.07. The van der Waals surface area contributed by atoms with Crippen LogP contribution in [0.15, 0.2) is 18.3 Å². The number of aromatic nitrogens is 4. The molecule has 21 heavy (non-hydrogen) atoms. The maximum Gasteiger partial charge on any atom is 0.323 e. The van der Waals surface area contributed by atoms with E-state index in [4.69, 9.17) is 10.6 Å². The summed E-state index contributed by atoms with van der Waals surface area (Å²) >= 11 is 0. The van der Waals surface area contributed by atoms with Crippen LogP contribution in [-0.4, -0.2) is 26.5 Å². The van der Waals surface area contributed by atoms with Gasteiger partial charge in [0.05, 0.1) is 18.8 Å². The number of nitrogens with one attached hydrogen (secondary N) is 2. The average Bonchev–Trinajstić information content (AvgIpc) is 2.53. The van der Waals surface area contributed by atoms with E-state index in [-0.39, 0.29) is 12.0 Å². The van der Waals surface area contributed by atoms with Crippen LogP contribution in [0.5, 0.6) is 6.01 Å². The van der Waals surface area contributed by atoms with Crippen molar-refractivity contribution < 1.29 is 4.74 Å². The fourth-order valence-electron chi connectivity index (χ4n) is 1.81. The molecule has 8 heteroatoms. The second kappa shape index (κ2) is 7.34. The molecule has 0 aliphatic carbocycles. The predicted octanol–water partition coefficient (Wildman–Crippen LogP) is 1.13. The molecule has 0 fully saturated rings. The fraction of sp³-hybridized carbons (Fsp3) is 0.385. The number of nitrogen functional groups attached to an aromatic ring is 1. The summed E-state index contributed by atoms with van der Waals surface area (Å²) in [6, 6.07) is 4.20. The summed E-state index contributed by atoms with van der Waals surface area (Å²) in [5, 5.41) is 3.11. The smallest absolute Gasteiger partial charge is 0.323 e. The van der Waals surface area contributed by atoms with Gasteiger partial charge in [0.15, 0.2) is 0 Å². The summed E-state index contributed by atoms with van der Waals surface area (Å²) in [4.78, 5) is 16.6. The molecular weight excluding hydrogens is 270 g/mol. The molecule has 0 unspecified atom stereocenters. The van der Waals surface area contributed by atoms with Crippen LogP contribution in [0.25, 0.3) is 0 Å². The van der Waals surface area contributed by atoms with Crippen LogP contribution < -0.4 is 21.3 Å². The van der Waals surface area contributed by atoms with Gasteiger partial charge in [-0.3, -0.25) is 10.4 Å². The molecule has 0 saturated heterocycles. The summed E-state index contributed by atoms with van der Waals surface area (Å²) in [6.45, 7) is 4.93. The van der Waals surface area contributed by atoms with Crippen LogP contribution in [0.3, 0.4) is 0 Å². The summed E-state index contributed by atoms with van der Waals surface area (Å²) in [7, 11) is 0. The Hall–Kier alpha value is -2.48. The lowest BCUT2D eigenvalue weighted by Crippen LogP contribution is -2.15. The minimum absolute atomic E-state index is 0.222. The van der Waals surface area contributed by atoms with Gasteiger partial charge < -0.3 is 10.1 Å². The molecule has 2 aromatic heterocycles. The van der Waals surface area contributed by atoms with Crippen molar-refractivity contribution in [3.05, 3.63) is 29.6 Å². The molecule has 0 aliphatic rings. The second-order valence-corrected chi connectivity index (χ2v) is 4.16. The zero-order chi connectivity index (χ0) is 15.1. The van der Waals surface area contributed by atoms with E-state index in [0.717, 1.165) is 12.1 Å². The lowest BCUT2D eigenvalue weighted by atomic mass is 10.1. The molecule has 0 aliphatic heterocycles. The van der Waals surface area contributed by atoms with Gasteiger partial charge in [0, 0.05) is 6.20 Å². The molecule has 8 nitrogen and oxygen atoms in total. The second-order valence-electron chi connectivity index (χ2n) is 4.16. The Morgan fingerprint density at radius 2 is 2.00 bits per heavy atom. The van der Waals surface area contributed by atoms with Crippen LogP contribution in [0.1, 0.15) is 25.1 Å². The van der Waals surface area contributed by atoms with Crippen molar-refractivity contribution in [2.24, 2.45) is 5.84 Å². The number of nitrogens with two attached hydrogens (primary N) is 1.